The molecule has 43 heavy (non-hydrogen) atoms. The Bertz CT molecular complexity index is 1730. The van der Waals surface area contributed by atoms with Gasteiger partial charge in [0.05, 0.1) is 31.6 Å². The van der Waals surface area contributed by atoms with Gasteiger partial charge in [-0.25, -0.2) is 14.3 Å². The molecule has 0 amide bonds. The van der Waals surface area contributed by atoms with Gasteiger partial charge in [-0.1, -0.05) is 26.0 Å². The van der Waals surface area contributed by atoms with Gasteiger partial charge in [-0.2, -0.15) is 9.78 Å². The van der Waals surface area contributed by atoms with Crippen LogP contribution in [0.4, 0.5) is 5.69 Å². The van der Waals surface area contributed by atoms with Crippen LogP contribution in [0.1, 0.15) is 54.5 Å². The molecule has 6 rings (SSSR count). The Balaban J connectivity index is 1.10. The molecule has 0 saturated heterocycles. The zero-order valence-electron chi connectivity index (χ0n) is 24.9. The Morgan fingerprint density at radius 3 is 2.86 bits per heavy atom. The van der Waals surface area contributed by atoms with Crippen LogP contribution < -0.4 is 14.6 Å². The van der Waals surface area contributed by atoms with Crippen LogP contribution >= 0.6 is 11.3 Å². The monoisotopic (exact) mass is 597 g/mol. The van der Waals surface area contributed by atoms with E-state index in [-0.39, 0.29) is 5.97 Å². The highest BCUT2D eigenvalue weighted by atomic mass is 32.1. The van der Waals surface area contributed by atoms with Gasteiger partial charge in [-0.3, -0.25) is 0 Å². The summed E-state index contributed by atoms with van der Waals surface area (Å²) in [5.41, 5.74) is 5.65. The molecule has 10 heteroatoms. The molecular formula is C33H37N6O3S+. The number of nitrogens with zero attached hydrogens (tertiary/aromatic N) is 5. The molecule has 0 saturated carbocycles. The van der Waals surface area contributed by atoms with Crippen LogP contribution in [0.3, 0.4) is 0 Å². The first-order valence-electron chi connectivity index (χ1n) is 15.0. The van der Waals surface area contributed by atoms with Gasteiger partial charge in [-0.05, 0) is 79.4 Å². The molecule has 0 aliphatic carbocycles. The van der Waals surface area contributed by atoms with Gasteiger partial charge in [-0.15, -0.1) is 11.3 Å². The van der Waals surface area contributed by atoms with Crippen molar-refractivity contribution in [2.75, 3.05) is 25.1 Å². The van der Waals surface area contributed by atoms with Gasteiger partial charge in [0.1, 0.15) is 22.3 Å². The molecule has 5 aromatic rings. The molecule has 9 nitrogen and oxygen atoms in total. The van der Waals surface area contributed by atoms with E-state index in [1.807, 2.05) is 48.4 Å². The van der Waals surface area contributed by atoms with E-state index in [0.29, 0.717) is 31.2 Å². The van der Waals surface area contributed by atoms with E-state index in [0.717, 1.165) is 76.0 Å². The molecule has 0 spiro atoms. The van der Waals surface area contributed by atoms with Gasteiger partial charge in [0.15, 0.2) is 5.69 Å². The average Bonchev–Trinajstić information content (AvgIpc) is 3.64. The first-order valence-corrected chi connectivity index (χ1v) is 15.8. The fourth-order valence-electron chi connectivity index (χ4n) is 5.33. The van der Waals surface area contributed by atoms with Crippen LogP contribution in [-0.4, -0.2) is 45.5 Å². The number of hydrogen-bond acceptors (Lipinski definition) is 8. The fraction of sp³-hybridized carbons (Fsp3) is 0.364. The number of thiazole rings is 1. The highest BCUT2D eigenvalue weighted by Gasteiger charge is 2.21. The summed E-state index contributed by atoms with van der Waals surface area (Å²) in [5, 5.41) is 9.87. The molecule has 0 fully saturated rings. The Morgan fingerprint density at radius 2 is 2.05 bits per heavy atom. The molecule has 0 bridgehead atoms. The number of aromatic nitrogens is 5. The van der Waals surface area contributed by atoms with E-state index in [2.05, 4.69) is 58.2 Å². The lowest BCUT2D eigenvalue weighted by Crippen LogP contribution is -2.36. The van der Waals surface area contributed by atoms with E-state index in [9.17, 15) is 4.79 Å². The summed E-state index contributed by atoms with van der Waals surface area (Å²) in [6.45, 7) is 8.92. The summed E-state index contributed by atoms with van der Waals surface area (Å²) in [6, 6.07) is 14.3. The van der Waals surface area contributed by atoms with Crippen molar-refractivity contribution in [3.63, 3.8) is 0 Å². The molecular weight excluding hydrogens is 560 g/mol. The summed E-state index contributed by atoms with van der Waals surface area (Å²) in [7, 11) is 0. The van der Waals surface area contributed by atoms with Crippen molar-refractivity contribution in [2.24, 2.45) is 5.92 Å². The van der Waals surface area contributed by atoms with E-state index < -0.39 is 0 Å². The molecule has 0 radical (unpaired) electrons. The third-order valence-corrected chi connectivity index (χ3v) is 8.50. The number of nitrogens with one attached hydrogen (secondary N) is 1. The van der Waals surface area contributed by atoms with Crippen molar-refractivity contribution in [1.29, 1.82) is 0 Å². The lowest BCUT2D eigenvalue weighted by atomic mass is 10.0. The topological polar surface area (TPSA) is 95.0 Å². The molecule has 1 N–H and O–H groups in total. The number of esters is 1. The van der Waals surface area contributed by atoms with Crippen LogP contribution in [0.15, 0.2) is 61.2 Å². The van der Waals surface area contributed by atoms with Gasteiger partial charge in [0, 0.05) is 22.7 Å². The quantitative estimate of drug-likeness (QED) is 0.113. The molecule has 1 aliphatic rings. The van der Waals surface area contributed by atoms with Crippen molar-refractivity contribution in [2.45, 2.75) is 53.0 Å². The number of fused-ring (bicyclic) bond motifs is 2. The van der Waals surface area contributed by atoms with Crippen molar-refractivity contribution in [3.05, 3.63) is 77.3 Å². The minimum Gasteiger partial charge on any atom is -0.494 e. The van der Waals surface area contributed by atoms with Crippen LogP contribution in [0.25, 0.3) is 27.3 Å². The zero-order valence-corrected chi connectivity index (χ0v) is 25.7. The normalized spacial score (nSPS) is 12.7. The van der Waals surface area contributed by atoms with Gasteiger partial charge in [0.2, 0.25) is 0 Å². The molecule has 1 aliphatic heterocycles. The molecule has 0 atom stereocenters. The number of carbonyl (C=O) groups excluding carboxylic acids is 1. The predicted octanol–water partition coefficient (Wildman–Crippen LogP) is 6.03. The van der Waals surface area contributed by atoms with Crippen molar-refractivity contribution in [1.82, 2.24) is 19.7 Å². The number of ether oxygens (including phenoxy) is 2. The maximum absolute atomic E-state index is 12.7. The summed E-state index contributed by atoms with van der Waals surface area (Å²) >= 11 is 1.56. The number of carbonyl (C=O) groups is 1. The highest BCUT2D eigenvalue weighted by molar-refractivity contribution is 7.15. The predicted molar refractivity (Wildman–Crippen MR) is 168 cm³/mol. The zero-order chi connectivity index (χ0) is 29.8. The van der Waals surface area contributed by atoms with Gasteiger partial charge < -0.3 is 14.8 Å². The number of anilines is 1. The summed E-state index contributed by atoms with van der Waals surface area (Å²) in [6.07, 6.45) is 9.44. The minimum atomic E-state index is -0.372. The second-order valence-corrected chi connectivity index (χ2v) is 12.2. The van der Waals surface area contributed by atoms with E-state index in [1.165, 1.54) is 5.56 Å². The van der Waals surface area contributed by atoms with Gasteiger partial charge >= 0.3 is 5.97 Å². The molecule has 4 heterocycles. The summed E-state index contributed by atoms with van der Waals surface area (Å²) in [4.78, 5) is 23.0. The lowest BCUT2D eigenvalue weighted by Gasteiger charge is -2.18. The number of hydrogen-bond donors (Lipinski definition) is 1. The average molecular weight is 598 g/mol. The smallest absolute Gasteiger partial charge is 0.358 e. The first-order chi connectivity index (χ1) is 21.0. The Kier molecular flexibility index (Phi) is 8.64. The van der Waals surface area contributed by atoms with Crippen molar-refractivity contribution in [3.8, 4) is 22.0 Å². The van der Waals surface area contributed by atoms with Crippen LogP contribution in [-0.2, 0) is 24.1 Å². The van der Waals surface area contributed by atoms with E-state index >= 15 is 0 Å². The third-order valence-electron chi connectivity index (χ3n) is 7.34. The largest absolute Gasteiger partial charge is 0.494 e. The summed E-state index contributed by atoms with van der Waals surface area (Å²) < 4.78 is 15.3. The second kappa shape index (κ2) is 12.9. The lowest BCUT2D eigenvalue weighted by molar-refractivity contribution is -0.703. The molecule has 222 valence electrons. The maximum atomic E-state index is 12.7. The van der Waals surface area contributed by atoms with Crippen molar-refractivity contribution >= 4 is 34.0 Å². The minimum absolute atomic E-state index is 0.315. The molecule has 3 aromatic heterocycles. The molecule has 0 unspecified atom stereocenters. The number of aryl methyl sites for hydroxylation is 2. The third kappa shape index (κ3) is 6.54. The SMILES string of the molecule is CCOC(=O)c1nc(-c2ccc3c(c2)NCCC3)sc1CCCOc1ccc(-n2ncc3c[n+](CC(C)C)cnc32)cc1. The van der Waals surface area contributed by atoms with Crippen LogP contribution in [0.5, 0.6) is 5.75 Å². The van der Waals surface area contributed by atoms with E-state index in [1.54, 1.807) is 11.3 Å². The Hall–Kier alpha value is -4.31. The van der Waals surface area contributed by atoms with Crippen LogP contribution in [0.2, 0.25) is 0 Å². The number of benzene rings is 2. The second-order valence-electron chi connectivity index (χ2n) is 11.2. The highest BCUT2D eigenvalue weighted by Crippen LogP contribution is 2.33. The number of rotatable bonds is 11. The standard InChI is InChI=1S/C33H37N6O3S/c1-4-41-33(40)30-29(43-32(37-30)24-10-9-23-7-5-15-34-28(23)17-24)8-6-16-42-27-13-11-26(12-14-27)39-31-25(18-36-39)20-38(21-35-31)19-22(2)3/h9-14,17-18,20-22,34H,4-8,15-16,19H2,1-3H3/q+1. The first kappa shape index (κ1) is 28.8. The van der Waals surface area contributed by atoms with Crippen LogP contribution in [0, 0.1) is 5.92 Å². The Morgan fingerprint density at radius 1 is 1.19 bits per heavy atom. The maximum Gasteiger partial charge on any atom is 0.358 e. The van der Waals surface area contributed by atoms with E-state index in [4.69, 9.17) is 14.5 Å². The summed E-state index contributed by atoms with van der Waals surface area (Å²) in [5.74, 6) is 0.950. The van der Waals surface area contributed by atoms with Gasteiger partial charge in [0.25, 0.3) is 12.0 Å². The molecule has 2 aromatic carbocycles. The van der Waals surface area contributed by atoms with Crippen molar-refractivity contribution < 1.29 is 18.8 Å². The fourth-order valence-corrected chi connectivity index (χ4v) is 6.42. The Labute approximate surface area is 255 Å².